The Bertz CT molecular complexity index is 749. The molecular weight excluding hydrogens is 300 g/mol. The summed E-state index contributed by atoms with van der Waals surface area (Å²) in [5, 5.41) is 17.9. The fourth-order valence-corrected chi connectivity index (χ4v) is 1.92. The molecule has 0 amide bonds. The summed E-state index contributed by atoms with van der Waals surface area (Å²) in [6.07, 6.45) is 8.90. The van der Waals surface area contributed by atoms with Crippen LogP contribution in [0.25, 0.3) is 17.3 Å². The van der Waals surface area contributed by atoms with E-state index in [0.717, 1.165) is 11.1 Å². The van der Waals surface area contributed by atoms with E-state index in [2.05, 4.69) is 10.2 Å². The fourth-order valence-electron chi connectivity index (χ4n) is 1.92. The van der Waals surface area contributed by atoms with E-state index < -0.39 is 0 Å². The van der Waals surface area contributed by atoms with Crippen molar-refractivity contribution in [3.05, 3.63) is 65.9 Å². The highest BCUT2D eigenvalue weighted by Gasteiger charge is 2.08. The van der Waals surface area contributed by atoms with E-state index >= 15 is 0 Å². The Morgan fingerprint density at radius 3 is 2.46 bits per heavy atom. The van der Waals surface area contributed by atoms with E-state index in [1.807, 2.05) is 45.1 Å². The third-order valence-corrected chi connectivity index (χ3v) is 3.11. The zero-order valence-electron chi connectivity index (χ0n) is 14.3. The van der Waals surface area contributed by atoms with Crippen LogP contribution in [0.1, 0.15) is 26.3 Å². The maximum Gasteiger partial charge on any atom is 0.153 e. The SMILES string of the molecule is C/C=C(\C=C/N)/C=C/c1cc(-c2ccccc2O)nnc1N.CC. The molecule has 0 bridgehead atoms. The number of phenols is 1. The maximum absolute atomic E-state index is 9.90. The fraction of sp³-hybridized carbons (Fsp3) is 0.158. The summed E-state index contributed by atoms with van der Waals surface area (Å²) >= 11 is 0. The number of phenolic OH excluding ortho intramolecular Hbond substituents is 1. The summed E-state index contributed by atoms with van der Waals surface area (Å²) in [5.41, 5.74) is 14.1. The maximum atomic E-state index is 9.90. The lowest BCUT2D eigenvalue weighted by Gasteiger charge is -2.05. The van der Waals surface area contributed by atoms with E-state index in [0.29, 0.717) is 17.1 Å². The molecule has 1 aromatic heterocycles. The van der Waals surface area contributed by atoms with Crippen molar-refractivity contribution < 1.29 is 5.11 Å². The smallest absolute Gasteiger partial charge is 0.153 e. The molecule has 2 aromatic rings. The van der Waals surface area contributed by atoms with Crippen molar-refractivity contribution >= 4 is 11.9 Å². The van der Waals surface area contributed by atoms with Gasteiger partial charge in [0.05, 0.1) is 5.69 Å². The molecule has 0 spiro atoms. The Hall–Kier alpha value is -3.08. The lowest BCUT2D eigenvalue weighted by atomic mass is 10.1. The molecule has 126 valence electrons. The molecule has 1 aromatic carbocycles. The lowest BCUT2D eigenvalue weighted by Crippen LogP contribution is -1.98. The highest BCUT2D eigenvalue weighted by Crippen LogP contribution is 2.28. The van der Waals surface area contributed by atoms with Crippen LogP contribution in [-0.4, -0.2) is 15.3 Å². The van der Waals surface area contributed by atoms with Gasteiger partial charge in [0.2, 0.25) is 0 Å². The third kappa shape index (κ3) is 4.98. The van der Waals surface area contributed by atoms with E-state index in [1.165, 1.54) is 6.20 Å². The number of aromatic nitrogens is 2. The van der Waals surface area contributed by atoms with Crippen molar-refractivity contribution in [1.29, 1.82) is 0 Å². The zero-order chi connectivity index (χ0) is 17.9. The first kappa shape index (κ1) is 19.0. The predicted octanol–water partition coefficient (Wildman–Crippen LogP) is 3.89. The van der Waals surface area contributed by atoms with Gasteiger partial charge < -0.3 is 16.6 Å². The number of hydrogen-bond donors (Lipinski definition) is 3. The molecule has 2 rings (SSSR count). The van der Waals surface area contributed by atoms with Gasteiger partial charge in [0.1, 0.15) is 5.75 Å². The van der Waals surface area contributed by atoms with Crippen molar-refractivity contribution in [3.63, 3.8) is 0 Å². The second kappa shape index (κ2) is 9.84. The van der Waals surface area contributed by atoms with Gasteiger partial charge in [0, 0.05) is 11.1 Å². The Morgan fingerprint density at radius 2 is 1.83 bits per heavy atom. The summed E-state index contributed by atoms with van der Waals surface area (Å²) in [4.78, 5) is 0. The lowest BCUT2D eigenvalue weighted by molar-refractivity contribution is 0.477. The first-order chi connectivity index (χ1) is 11.7. The second-order valence-electron chi connectivity index (χ2n) is 4.57. The van der Waals surface area contributed by atoms with Gasteiger partial charge in [-0.05, 0) is 43.0 Å². The van der Waals surface area contributed by atoms with Crippen LogP contribution in [0.3, 0.4) is 0 Å². The van der Waals surface area contributed by atoms with Crippen LogP contribution in [0.2, 0.25) is 0 Å². The number of hydrogen-bond acceptors (Lipinski definition) is 5. The first-order valence-electron chi connectivity index (χ1n) is 7.80. The Kier molecular flexibility index (Phi) is 7.78. The molecule has 0 saturated heterocycles. The topological polar surface area (TPSA) is 98.0 Å². The highest BCUT2D eigenvalue weighted by molar-refractivity contribution is 5.72. The van der Waals surface area contributed by atoms with Crippen molar-refractivity contribution in [2.45, 2.75) is 20.8 Å². The van der Waals surface area contributed by atoms with Gasteiger partial charge >= 0.3 is 0 Å². The van der Waals surface area contributed by atoms with Gasteiger partial charge in [0.25, 0.3) is 0 Å². The highest BCUT2D eigenvalue weighted by atomic mass is 16.3. The quantitative estimate of drug-likeness (QED) is 0.741. The Balaban J connectivity index is 0.00000139. The molecule has 5 N–H and O–H groups in total. The molecule has 1 heterocycles. The molecule has 0 atom stereocenters. The molecule has 0 radical (unpaired) electrons. The van der Waals surface area contributed by atoms with Gasteiger partial charge in [0.15, 0.2) is 5.82 Å². The molecule has 5 heteroatoms. The number of nitrogens with two attached hydrogens (primary N) is 2. The summed E-state index contributed by atoms with van der Waals surface area (Å²) in [6.45, 7) is 5.92. The monoisotopic (exact) mass is 324 g/mol. The van der Waals surface area contributed by atoms with E-state index in [-0.39, 0.29) is 5.75 Å². The minimum atomic E-state index is 0.150. The average Bonchev–Trinajstić information content (AvgIpc) is 2.62. The number of rotatable bonds is 4. The molecule has 0 aliphatic rings. The van der Waals surface area contributed by atoms with Gasteiger partial charge in [-0.2, -0.15) is 0 Å². The van der Waals surface area contributed by atoms with E-state index in [4.69, 9.17) is 11.5 Å². The van der Waals surface area contributed by atoms with Crippen LogP contribution in [0.5, 0.6) is 5.75 Å². The van der Waals surface area contributed by atoms with Crippen molar-refractivity contribution in [3.8, 4) is 17.0 Å². The van der Waals surface area contributed by atoms with Gasteiger partial charge in [-0.1, -0.05) is 44.2 Å². The first-order valence-corrected chi connectivity index (χ1v) is 7.80. The van der Waals surface area contributed by atoms with Crippen LogP contribution in [0.15, 0.2) is 60.3 Å². The molecule has 0 aliphatic carbocycles. The number of allylic oxidation sites excluding steroid dienone is 4. The number of nitrogens with zero attached hydrogens (tertiary/aromatic N) is 2. The standard InChI is InChI=1S/C17H18N4O.C2H6/c1-2-12(9-10-18)7-8-13-11-15(20-21-17(13)19)14-5-3-4-6-16(14)22;1-2/h2-11,22H,18H2,1H3,(H2,19,21);1-2H3/b8-7+,10-9-,12-2-;. The summed E-state index contributed by atoms with van der Waals surface area (Å²) in [5.74, 6) is 0.472. The molecule has 0 aliphatic heterocycles. The number of para-hydroxylation sites is 1. The molecule has 5 nitrogen and oxygen atoms in total. The molecule has 0 fully saturated rings. The van der Waals surface area contributed by atoms with Crippen molar-refractivity contribution in [2.24, 2.45) is 5.73 Å². The van der Waals surface area contributed by atoms with E-state index in [9.17, 15) is 5.11 Å². The third-order valence-electron chi connectivity index (χ3n) is 3.11. The van der Waals surface area contributed by atoms with Gasteiger partial charge in [-0.25, -0.2) is 0 Å². The van der Waals surface area contributed by atoms with Crippen molar-refractivity contribution in [1.82, 2.24) is 10.2 Å². The molecule has 0 unspecified atom stereocenters. The molecule has 0 saturated carbocycles. The van der Waals surface area contributed by atoms with Gasteiger partial charge in [-0.15, -0.1) is 10.2 Å². The molecule has 24 heavy (non-hydrogen) atoms. The van der Waals surface area contributed by atoms with Gasteiger partial charge in [-0.3, -0.25) is 0 Å². The van der Waals surface area contributed by atoms with Crippen LogP contribution in [-0.2, 0) is 0 Å². The summed E-state index contributed by atoms with van der Waals surface area (Å²) in [6, 6.07) is 8.74. The summed E-state index contributed by atoms with van der Waals surface area (Å²) in [7, 11) is 0. The largest absolute Gasteiger partial charge is 0.507 e. The number of benzene rings is 1. The molecular formula is C19H24N4O. The number of nitrogen functional groups attached to an aromatic ring is 1. The minimum absolute atomic E-state index is 0.150. The predicted molar refractivity (Wildman–Crippen MR) is 101 cm³/mol. The average molecular weight is 324 g/mol. The Morgan fingerprint density at radius 1 is 1.12 bits per heavy atom. The zero-order valence-corrected chi connectivity index (χ0v) is 14.3. The van der Waals surface area contributed by atoms with E-state index in [1.54, 1.807) is 30.3 Å². The van der Waals surface area contributed by atoms with Crippen LogP contribution in [0.4, 0.5) is 5.82 Å². The normalized spacial score (nSPS) is 11.5. The van der Waals surface area contributed by atoms with Crippen LogP contribution < -0.4 is 11.5 Å². The minimum Gasteiger partial charge on any atom is -0.507 e. The second-order valence-corrected chi connectivity index (χ2v) is 4.57. The Labute approximate surface area is 143 Å². The number of aromatic hydroxyl groups is 1. The van der Waals surface area contributed by atoms with Crippen molar-refractivity contribution in [2.75, 3.05) is 5.73 Å². The summed E-state index contributed by atoms with van der Waals surface area (Å²) < 4.78 is 0. The number of anilines is 1. The van der Waals surface area contributed by atoms with Crippen LogP contribution in [0, 0.1) is 0 Å². The van der Waals surface area contributed by atoms with Crippen LogP contribution >= 0.6 is 0 Å².